The average molecular weight is 215 g/mol. The maximum Gasteiger partial charge on any atom is 0.328 e. The molecule has 0 aliphatic rings. The fourth-order valence-corrected chi connectivity index (χ4v) is 1.30. The van der Waals surface area contributed by atoms with Crippen molar-refractivity contribution >= 4 is 17.0 Å². The number of nitrogens with two attached hydrogens (primary N) is 1. The second kappa shape index (κ2) is 4.85. The van der Waals surface area contributed by atoms with Crippen LogP contribution in [0.2, 0.25) is 0 Å². The minimum atomic E-state index is -1.99. The molecule has 1 rings (SSSR count). The van der Waals surface area contributed by atoms with Gasteiger partial charge in [-0.05, 0) is 17.7 Å². The first-order chi connectivity index (χ1) is 6.63. The van der Waals surface area contributed by atoms with Gasteiger partial charge in [0, 0.05) is 0 Å². The molecule has 0 fully saturated rings. The van der Waals surface area contributed by atoms with E-state index in [-0.39, 0.29) is 11.3 Å². The minimum Gasteiger partial charge on any atom is -0.373 e. The average Bonchev–Trinajstić information content (AvgIpc) is 2.18. The van der Waals surface area contributed by atoms with Gasteiger partial charge < -0.3 is 9.39 Å². The molecule has 3 N–H and O–H groups in total. The van der Waals surface area contributed by atoms with Crippen LogP contribution in [0.15, 0.2) is 29.2 Å². The topological polar surface area (TPSA) is 89.6 Å². The number of carbonyl (C=O) groups is 1. The molecule has 1 atom stereocenters. The van der Waals surface area contributed by atoms with E-state index < -0.39 is 17.0 Å². The first-order valence-corrected chi connectivity index (χ1v) is 4.83. The molecule has 0 aromatic heterocycles. The van der Waals surface area contributed by atoms with Gasteiger partial charge in [0.25, 0.3) is 0 Å². The van der Waals surface area contributed by atoms with Crippen LogP contribution in [0, 0.1) is 0 Å². The molecule has 0 bridgehead atoms. The van der Waals surface area contributed by atoms with E-state index in [9.17, 15) is 9.00 Å². The van der Waals surface area contributed by atoms with Crippen molar-refractivity contribution in [2.24, 2.45) is 5.90 Å². The monoisotopic (exact) mass is 215 g/mol. The molecule has 0 aliphatic carbocycles. The predicted octanol–water partition coefficient (Wildman–Crippen LogP) is 0.227. The van der Waals surface area contributed by atoms with Gasteiger partial charge in [0.1, 0.15) is 0 Å². The quantitative estimate of drug-likeness (QED) is 0.556. The lowest BCUT2D eigenvalue weighted by Gasteiger charge is -1.99. The Kier molecular flexibility index (Phi) is 3.75. The summed E-state index contributed by atoms with van der Waals surface area (Å²) in [6.45, 7) is 0. The van der Waals surface area contributed by atoms with Crippen LogP contribution in [-0.4, -0.2) is 14.7 Å². The fraction of sp³-hybridized carbons (Fsp3) is 0.125. The summed E-state index contributed by atoms with van der Waals surface area (Å²) in [6, 6.07) is 6.07. The van der Waals surface area contributed by atoms with E-state index in [1.165, 1.54) is 12.1 Å². The summed E-state index contributed by atoms with van der Waals surface area (Å²) >= 11 is -1.99. The lowest BCUT2D eigenvalue weighted by atomic mass is 10.2. The maximum atomic E-state index is 10.7. The van der Waals surface area contributed by atoms with Crippen LogP contribution in [0.4, 0.5) is 0 Å². The van der Waals surface area contributed by atoms with E-state index in [4.69, 9.17) is 4.55 Å². The van der Waals surface area contributed by atoms with Crippen molar-refractivity contribution in [2.45, 2.75) is 11.3 Å². The van der Waals surface area contributed by atoms with Crippen molar-refractivity contribution in [2.75, 3.05) is 0 Å². The Morgan fingerprint density at radius 3 is 2.43 bits per heavy atom. The van der Waals surface area contributed by atoms with Crippen molar-refractivity contribution in [3.05, 3.63) is 29.8 Å². The minimum absolute atomic E-state index is 0.0504. The Labute approximate surface area is 83.1 Å². The normalized spacial score (nSPS) is 12.1. The predicted molar refractivity (Wildman–Crippen MR) is 49.5 cm³/mol. The molecule has 6 heteroatoms. The van der Waals surface area contributed by atoms with Crippen molar-refractivity contribution in [3.63, 3.8) is 0 Å². The van der Waals surface area contributed by atoms with E-state index in [1.807, 2.05) is 0 Å². The summed E-state index contributed by atoms with van der Waals surface area (Å²) in [5.74, 6) is 4.11. The molecule has 0 radical (unpaired) electrons. The molecule has 14 heavy (non-hydrogen) atoms. The SMILES string of the molecule is NOC(=O)Cc1ccc(S(=O)O)cc1. The Morgan fingerprint density at radius 1 is 1.43 bits per heavy atom. The van der Waals surface area contributed by atoms with Crippen LogP contribution >= 0.6 is 0 Å². The molecule has 0 aliphatic heterocycles. The highest BCUT2D eigenvalue weighted by molar-refractivity contribution is 7.79. The van der Waals surface area contributed by atoms with Gasteiger partial charge in [-0.2, -0.15) is 5.90 Å². The molecule has 0 amide bonds. The van der Waals surface area contributed by atoms with Crippen molar-refractivity contribution in [1.29, 1.82) is 0 Å². The van der Waals surface area contributed by atoms with Crippen LogP contribution in [0.1, 0.15) is 5.56 Å². The highest BCUT2D eigenvalue weighted by Crippen LogP contribution is 2.08. The van der Waals surface area contributed by atoms with Crippen molar-refractivity contribution in [3.8, 4) is 0 Å². The Hall–Kier alpha value is -1.24. The van der Waals surface area contributed by atoms with E-state index in [2.05, 4.69) is 10.7 Å². The number of rotatable bonds is 3. The van der Waals surface area contributed by atoms with Crippen molar-refractivity contribution < 1.29 is 18.4 Å². The second-order valence-corrected chi connectivity index (χ2v) is 3.53. The Morgan fingerprint density at radius 2 is 2.00 bits per heavy atom. The summed E-state index contributed by atoms with van der Waals surface area (Å²) in [7, 11) is 0. The zero-order valence-corrected chi connectivity index (χ0v) is 7.99. The van der Waals surface area contributed by atoms with Crippen LogP contribution in [0.5, 0.6) is 0 Å². The standard InChI is InChI=1S/C8H9NO4S/c9-13-8(10)5-6-1-3-7(4-2-6)14(11)12/h1-4H,5,9H2,(H,11,12). The van der Waals surface area contributed by atoms with Crippen LogP contribution in [0.25, 0.3) is 0 Å². The summed E-state index contributed by atoms with van der Waals surface area (Å²) < 4.78 is 19.3. The number of hydrogen-bond acceptors (Lipinski definition) is 4. The van der Waals surface area contributed by atoms with Gasteiger partial charge in [0.2, 0.25) is 0 Å². The third-order valence-corrected chi connectivity index (χ3v) is 2.28. The van der Waals surface area contributed by atoms with E-state index in [1.54, 1.807) is 12.1 Å². The maximum absolute atomic E-state index is 10.7. The molecule has 5 nitrogen and oxygen atoms in total. The second-order valence-electron chi connectivity index (χ2n) is 2.56. The molecule has 1 unspecified atom stereocenters. The highest BCUT2D eigenvalue weighted by atomic mass is 32.2. The van der Waals surface area contributed by atoms with E-state index >= 15 is 0 Å². The third kappa shape index (κ3) is 2.91. The summed E-state index contributed by atoms with van der Waals surface area (Å²) in [5, 5.41) is 0. The first-order valence-electron chi connectivity index (χ1n) is 3.73. The zero-order chi connectivity index (χ0) is 10.6. The van der Waals surface area contributed by atoms with E-state index in [0.717, 1.165) is 0 Å². The molecule has 1 aromatic rings. The molecule has 0 saturated heterocycles. The Balaban J connectivity index is 2.73. The molecule has 0 saturated carbocycles. The van der Waals surface area contributed by atoms with Gasteiger partial charge in [0.05, 0.1) is 11.3 Å². The van der Waals surface area contributed by atoms with Gasteiger partial charge in [-0.25, -0.2) is 4.21 Å². The molecule has 76 valence electrons. The third-order valence-electron chi connectivity index (χ3n) is 1.60. The summed E-state index contributed by atoms with van der Waals surface area (Å²) in [6.07, 6.45) is 0.0504. The lowest BCUT2D eigenvalue weighted by Crippen LogP contribution is -2.12. The molecule has 0 spiro atoms. The van der Waals surface area contributed by atoms with Gasteiger partial charge in [-0.3, -0.25) is 4.79 Å². The van der Waals surface area contributed by atoms with Crippen LogP contribution < -0.4 is 5.90 Å². The van der Waals surface area contributed by atoms with E-state index in [0.29, 0.717) is 5.56 Å². The summed E-state index contributed by atoms with van der Waals surface area (Å²) in [5.41, 5.74) is 0.676. The largest absolute Gasteiger partial charge is 0.373 e. The molecule has 1 aromatic carbocycles. The molecular weight excluding hydrogens is 206 g/mol. The molecule has 0 heterocycles. The molecular formula is C8H9NO4S. The summed E-state index contributed by atoms with van der Waals surface area (Å²) in [4.78, 5) is 15.0. The fourth-order valence-electron chi connectivity index (χ4n) is 0.932. The Bertz CT molecular complexity index is 349. The highest BCUT2D eigenvalue weighted by Gasteiger charge is 2.04. The van der Waals surface area contributed by atoms with Gasteiger partial charge in [0.15, 0.2) is 11.1 Å². The first kappa shape index (κ1) is 10.8. The van der Waals surface area contributed by atoms with Crippen molar-refractivity contribution in [1.82, 2.24) is 0 Å². The van der Waals surface area contributed by atoms with Gasteiger partial charge in [-0.1, -0.05) is 12.1 Å². The van der Waals surface area contributed by atoms with Gasteiger partial charge in [-0.15, -0.1) is 0 Å². The lowest BCUT2D eigenvalue weighted by molar-refractivity contribution is -0.143. The number of hydrogen-bond donors (Lipinski definition) is 2. The van der Waals surface area contributed by atoms with Crippen LogP contribution in [-0.2, 0) is 27.1 Å². The number of carbonyl (C=O) groups excluding carboxylic acids is 1. The smallest absolute Gasteiger partial charge is 0.328 e. The number of benzene rings is 1. The van der Waals surface area contributed by atoms with Gasteiger partial charge >= 0.3 is 5.97 Å². The zero-order valence-electron chi connectivity index (χ0n) is 7.17. The van der Waals surface area contributed by atoms with Crippen LogP contribution in [0.3, 0.4) is 0 Å².